The van der Waals surface area contributed by atoms with E-state index in [2.05, 4.69) is 17.2 Å². The van der Waals surface area contributed by atoms with Crippen LogP contribution >= 0.6 is 0 Å². The van der Waals surface area contributed by atoms with Gasteiger partial charge in [-0.1, -0.05) is 25.1 Å². The van der Waals surface area contributed by atoms with E-state index in [1.807, 2.05) is 36.4 Å². The average molecular weight is 271 g/mol. The molecule has 4 heteroatoms. The van der Waals surface area contributed by atoms with Gasteiger partial charge in [-0.2, -0.15) is 0 Å². The van der Waals surface area contributed by atoms with Gasteiger partial charge in [0.1, 0.15) is 12.4 Å². The maximum atomic E-state index is 6.03. The van der Waals surface area contributed by atoms with Crippen molar-refractivity contribution in [2.45, 2.75) is 19.4 Å². The van der Waals surface area contributed by atoms with E-state index >= 15 is 0 Å². The first-order valence-corrected chi connectivity index (χ1v) is 6.92. The van der Waals surface area contributed by atoms with Gasteiger partial charge < -0.3 is 15.8 Å². The van der Waals surface area contributed by atoms with Crippen LogP contribution in [0.2, 0.25) is 0 Å². The van der Waals surface area contributed by atoms with Crippen molar-refractivity contribution in [3.05, 3.63) is 54.4 Å². The van der Waals surface area contributed by atoms with E-state index < -0.39 is 0 Å². The molecule has 1 aromatic carbocycles. The van der Waals surface area contributed by atoms with Gasteiger partial charge in [0.2, 0.25) is 0 Å². The van der Waals surface area contributed by atoms with Crippen LogP contribution in [0.15, 0.2) is 48.8 Å². The maximum Gasteiger partial charge on any atom is 0.119 e. The summed E-state index contributed by atoms with van der Waals surface area (Å²) in [7, 11) is 0. The molecule has 0 spiro atoms. The molecule has 0 saturated carbocycles. The Morgan fingerprint density at radius 3 is 2.75 bits per heavy atom. The summed E-state index contributed by atoms with van der Waals surface area (Å²) in [4.78, 5) is 4.15. The highest BCUT2D eigenvalue weighted by Gasteiger charge is 2.14. The largest absolute Gasteiger partial charge is 0.492 e. The molecule has 1 atom stereocenters. The van der Waals surface area contributed by atoms with E-state index in [0.29, 0.717) is 6.61 Å². The summed E-state index contributed by atoms with van der Waals surface area (Å²) >= 11 is 0. The number of pyridine rings is 1. The number of benzene rings is 1. The third-order valence-corrected chi connectivity index (χ3v) is 3.06. The number of ether oxygens (including phenoxy) is 1. The highest BCUT2D eigenvalue weighted by molar-refractivity contribution is 5.46. The molecule has 20 heavy (non-hydrogen) atoms. The fraction of sp³-hybridized carbons (Fsp3) is 0.312. The van der Waals surface area contributed by atoms with E-state index in [1.54, 1.807) is 12.4 Å². The zero-order chi connectivity index (χ0) is 14.2. The SMILES string of the molecule is CCCNC(COc1ccccc1)c1cnccc1N. The number of hydrogen-bond acceptors (Lipinski definition) is 4. The molecule has 0 aliphatic heterocycles. The van der Waals surface area contributed by atoms with Gasteiger partial charge in [0.25, 0.3) is 0 Å². The Kier molecular flexibility index (Phi) is 5.38. The second-order valence-corrected chi connectivity index (χ2v) is 4.64. The van der Waals surface area contributed by atoms with Crippen LogP contribution in [0, 0.1) is 0 Å². The molecule has 2 aromatic rings. The molecule has 2 rings (SSSR count). The number of para-hydroxylation sites is 1. The van der Waals surface area contributed by atoms with E-state index in [-0.39, 0.29) is 6.04 Å². The third kappa shape index (κ3) is 3.96. The van der Waals surface area contributed by atoms with Crippen LogP contribution in [0.25, 0.3) is 0 Å². The van der Waals surface area contributed by atoms with Gasteiger partial charge in [0.05, 0.1) is 6.04 Å². The van der Waals surface area contributed by atoms with E-state index in [0.717, 1.165) is 30.0 Å². The molecule has 0 aliphatic rings. The molecule has 3 N–H and O–H groups in total. The van der Waals surface area contributed by atoms with Gasteiger partial charge in [-0.3, -0.25) is 4.98 Å². The van der Waals surface area contributed by atoms with Gasteiger partial charge in [0, 0.05) is 23.6 Å². The highest BCUT2D eigenvalue weighted by Crippen LogP contribution is 2.20. The Labute approximate surface area is 120 Å². The van der Waals surface area contributed by atoms with Crippen molar-refractivity contribution in [3.63, 3.8) is 0 Å². The van der Waals surface area contributed by atoms with Crippen molar-refractivity contribution < 1.29 is 4.74 Å². The molecular formula is C16H21N3O. The second kappa shape index (κ2) is 7.50. The first-order valence-electron chi connectivity index (χ1n) is 6.92. The Bertz CT molecular complexity index is 516. The molecule has 106 valence electrons. The normalized spacial score (nSPS) is 12.1. The Morgan fingerprint density at radius 2 is 2.05 bits per heavy atom. The number of rotatable bonds is 7. The Balaban J connectivity index is 2.06. The maximum absolute atomic E-state index is 6.03. The third-order valence-electron chi connectivity index (χ3n) is 3.06. The summed E-state index contributed by atoms with van der Waals surface area (Å²) in [6.07, 6.45) is 4.56. The summed E-state index contributed by atoms with van der Waals surface area (Å²) in [5, 5.41) is 3.45. The summed E-state index contributed by atoms with van der Waals surface area (Å²) in [5.41, 5.74) is 7.75. The van der Waals surface area contributed by atoms with Gasteiger partial charge in [0.15, 0.2) is 0 Å². The van der Waals surface area contributed by atoms with E-state index in [4.69, 9.17) is 10.5 Å². The van der Waals surface area contributed by atoms with Gasteiger partial charge in [-0.05, 0) is 31.2 Å². The lowest BCUT2D eigenvalue weighted by Crippen LogP contribution is -2.28. The van der Waals surface area contributed by atoms with E-state index in [9.17, 15) is 0 Å². The van der Waals surface area contributed by atoms with Crippen LogP contribution < -0.4 is 15.8 Å². The number of nitrogens with zero attached hydrogens (tertiary/aromatic N) is 1. The quantitative estimate of drug-likeness (QED) is 0.813. The molecule has 4 nitrogen and oxygen atoms in total. The minimum atomic E-state index is 0.0452. The lowest BCUT2D eigenvalue weighted by atomic mass is 10.1. The minimum absolute atomic E-state index is 0.0452. The topological polar surface area (TPSA) is 60.2 Å². The number of nitrogens with two attached hydrogens (primary N) is 1. The summed E-state index contributed by atoms with van der Waals surface area (Å²) in [6.45, 7) is 3.58. The van der Waals surface area contributed by atoms with E-state index in [1.165, 1.54) is 0 Å². The summed E-state index contributed by atoms with van der Waals surface area (Å²) in [6, 6.07) is 11.7. The predicted octanol–water partition coefficient (Wildman–Crippen LogP) is 2.78. The highest BCUT2D eigenvalue weighted by atomic mass is 16.5. The first-order chi connectivity index (χ1) is 9.81. The zero-order valence-corrected chi connectivity index (χ0v) is 11.8. The molecule has 0 bridgehead atoms. The van der Waals surface area contributed by atoms with Gasteiger partial charge in [-0.25, -0.2) is 0 Å². The van der Waals surface area contributed by atoms with Gasteiger partial charge in [-0.15, -0.1) is 0 Å². The molecule has 0 fully saturated rings. The fourth-order valence-electron chi connectivity index (χ4n) is 1.98. The Hall–Kier alpha value is -2.07. The fourth-order valence-corrected chi connectivity index (χ4v) is 1.98. The molecule has 1 aromatic heterocycles. The summed E-state index contributed by atoms with van der Waals surface area (Å²) < 4.78 is 5.83. The smallest absolute Gasteiger partial charge is 0.119 e. The van der Waals surface area contributed by atoms with Crippen LogP contribution in [0.4, 0.5) is 5.69 Å². The molecule has 0 saturated heterocycles. The molecular weight excluding hydrogens is 250 g/mol. The van der Waals surface area contributed by atoms with Crippen LogP contribution in [-0.4, -0.2) is 18.1 Å². The zero-order valence-electron chi connectivity index (χ0n) is 11.8. The van der Waals surface area contributed by atoms with Gasteiger partial charge >= 0.3 is 0 Å². The van der Waals surface area contributed by atoms with Crippen molar-refractivity contribution in [2.24, 2.45) is 0 Å². The molecule has 0 amide bonds. The second-order valence-electron chi connectivity index (χ2n) is 4.64. The summed E-state index contributed by atoms with van der Waals surface area (Å²) in [5.74, 6) is 0.860. The van der Waals surface area contributed by atoms with Crippen molar-refractivity contribution >= 4 is 5.69 Å². The number of nitrogens with one attached hydrogen (secondary N) is 1. The van der Waals surface area contributed by atoms with Crippen LogP contribution in [0.1, 0.15) is 24.9 Å². The number of hydrogen-bond donors (Lipinski definition) is 2. The minimum Gasteiger partial charge on any atom is -0.492 e. The monoisotopic (exact) mass is 271 g/mol. The van der Waals surface area contributed by atoms with Crippen molar-refractivity contribution in [3.8, 4) is 5.75 Å². The first kappa shape index (κ1) is 14.3. The van der Waals surface area contributed by atoms with Crippen molar-refractivity contribution in [1.29, 1.82) is 0 Å². The molecule has 0 aliphatic carbocycles. The van der Waals surface area contributed by atoms with Crippen LogP contribution in [0.3, 0.4) is 0 Å². The predicted molar refractivity (Wildman–Crippen MR) is 81.6 cm³/mol. The molecule has 1 unspecified atom stereocenters. The number of aromatic nitrogens is 1. The number of anilines is 1. The lowest BCUT2D eigenvalue weighted by molar-refractivity contribution is 0.266. The van der Waals surface area contributed by atoms with Crippen LogP contribution in [0.5, 0.6) is 5.75 Å². The average Bonchev–Trinajstić information content (AvgIpc) is 2.49. The Morgan fingerprint density at radius 1 is 1.25 bits per heavy atom. The molecule has 0 radical (unpaired) electrons. The number of nitrogen functional groups attached to an aromatic ring is 1. The van der Waals surface area contributed by atoms with Crippen LogP contribution in [-0.2, 0) is 0 Å². The lowest BCUT2D eigenvalue weighted by Gasteiger charge is -2.20. The van der Waals surface area contributed by atoms with Crippen molar-refractivity contribution in [1.82, 2.24) is 10.3 Å². The van der Waals surface area contributed by atoms with Crippen molar-refractivity contribution in [2.75, 3.05) is 18.9 Å². The molecule has 1 heterocycles. The standard InChI is InChI=1S/C16H21N3O/c1-2-9-19-16(14-11-18-10-8-15(14)17)12-20-13-6-4-3-5-7-13/h3-8,10-11,16,19H,2,9,12H2,1H3,(H2,17,18).